The summed E-state index contributed by atoms with van der Waals surface area (Å²) in [7, 11) is 1.53. The Morgan fingerprint density at radius 2 is 1.88 bits per heavy atom. The molecule has 1 aliphatic heterocycles. The van der Waals surface area contributed by atoms with Crippen molar-refractivity contribution in [1.82, 2.24) is 9.80 Å². The van der Waals surface area contributed by atoms with Crippen LogP contribution in [-0.4, -0.2) is 55.0 Å². The lowest BCUT2D eigenvalue weighted by Crippen LogP contribution is -2.51. The highest BCUT2D eigenvalue weighted by molar-refractivity contribution is 6.32. The molecule has 1 aromatic heterocycles. The molecule has 1 aliphatic rings. The van der Waals surface area contributed by atoms with Crippen molar-refractivity contribution in [2.75, 3.05) is 38.6 Å². The van der Waals surface area contributed by atoms with E-state index in [4.69, 9.17) is 20.8 Å². The molecular weight excluding hydrogens is 346 g/mol. The molecule has 0 spiro atoms. The van der Waals surface area contributed by atoms with E-state index in [0.717, 1.165) is 0 Å². The SMILES string of the molecule is COc1ccc(NC(=O)N2CCN(C(=O)c3ccco3)CC2)cc1Cl. The molecule has 1 fully saturated rings. The van der Waals surface area contributed by atoms with Crippen LogP contribution in [-0.2, 0) is 0 Å². The molecule has 1 aromatic carbocycles. The number of urea groups is 1. The first kappa shape index (κ1) is 17.2. The van der Waals surface area contributed by atoms with Crippen LogP contribution in [0.1, 0.15) is 10.6 Å². The Kier molecular flexibility index (Phi) is 5.14. The fourth-order valence-corrected chi connectivity index (χ4v) is 2.87. The standard InChI is InChI=1S/C17H18ClN3O4/c1-24-14-5-4-12(11-13(14)18)19-17(23)21-8-6-20(7-9-21)16(22)15-3-2-10-25-15/h2-5,10-11H,6-9H2,1H3,(H,19,23). The molecule has 0 radical (unpaired) electrons. The van der Waals surface area contributed by atoms with Gasteiger partial charge in [-0.25, -0.2) is 4.79 Å². The summed E-state index contributed by atoms with van der Waals surface area (Å²) in [5.74, 6) is 0.697. The van der Waals surface area contributed by atoms with Crippen LogP contribution in [0.3, 0.4) is 0 Å². The van der Waals surface area contributed by atoms with Gasteiger partial charge in [-0.3, -0.25) is 4.79 Å². The number of rotatable bonds is 3. The van der Waals surface area contributed by atoms with E-state index >= 15 is 0 Å². The summed E-state index contributed by atoms with van der Waals surface area (Å²) in [6, 6.07) is 8.13. The summed E-state index contributed by atoms with van der Waals surface area (Å²) in [5.41, 5.74) is 0.588. The number of carbonyl (C=O) groups is 2. The second kappa shape index (κ2) is 7.48. The van der Waals surface area contributed by atoms with Crippen molar-refractivity contribution in [2.24, 2.45) is 0 Å². The first-order valence-electron chi connectivity index (χ1n) is 7.80. The van der Waals surface area contributed by atoms with E-state index in [1.54, 1.807) is 40.1 Å². The summed E-state index contributed by atoms with van der Waals surface area (Å²) in [6.07, 6.45) is 1.47. The average molecular weight is 364 g/mol. The number of carbonyl (C=O) groups excluding carboxylic acids is 2. The molecule has 2 heterocycles. The normalized spacial score (nSPS) is 14.3. The molecule has 0 aliphatic carbocycles. The van der Waals surface area contributed by atoms with Gasteiger partial charge in [0.2, 0.25) is 0 Å². The first-order valence-corrected chi connectivity index (χ1v) is 8.18. The number of ether oxygens (including phenoxy) is 1. The number of amides is 3. The van der Waals surface area contributed by atoms with Gasteiger partial charge in [0.05, 0.1) is 18.4 Å². The van der Waals surface area contributed by atoms with Crippen molar-refractivity contribution in [3.63, 3.8) is 0 Å². The number of methoxy groups -OCH3 is 1. The zero-order valence-electron chi connectivity index (χ0n) is 13.7. The van der Waals surface area contributed by atoms with E-state index in [1.165, 1.54) is 13.4 Å². The van der Waals surface area contributed by atoms with Gasteiger partial charge < -0.3 is 24.3 Å². The quantitative estimate of drug-likeness (QED) is 0.909. The Morgan fingerprint density at radius 3 is 2.48 bits per heavy atom. The zero-order valence-corrected chi connectivity index (χ0v) is 14.5. The fourth-order valence-electron chi connectivity index (χ4n) is 2.62. The summed E-state index contributed by atoms with van der Waals surface area (Å²) in [5, 5.41) is 3.23. The Morgan fingerprint density at radius 1 is 1.16 bits per heavy atom. The first-order chi connectivity index (χ1) is 12.1. The fraction of sp³-hybridized carbons (Fsp3) is 0.294. The van der Waals surface area contributed by atoms with Crippen molar-refractivity contribution in [1.29, 1.82) is 0 Å². The Labute approximate surface area is 150 Å². The topological polar surface area (TPSA) is 75.0 Å². The molecule has 0 atom stereocenters. The van der Waals surface area contributed by atoms with Crippen molar-refractivity contribution in [3.8, 4) is 5.75 Å². The van der Waals surface area contributed by atoms with Crippen LogP contribution >= 0.6 is 11.6 Å². The summed E-state index contributed by atoms with van der Waals surface area (Å²) >= 11 is 6.06. The minimum atomic E-state index is -0.230. The van der Waals surface area contributed by atoms with Crippen LogP contribution in [0.2, 0.25) is 5.02 Å². The van der Waals surface area contributed by atoms with E-state index in [0.29, 0.717) is 48.4 Å². The van der Waals surface area contributed by atoms with E-state index in [9.17, 15) is 9.59 Å². The molecule has 25 heavy (non-hydrogen) atoms. The van der Waals surface area contributed by atoms with E-state index in [1.807, 2.05) is 0 Å². The van der Waals surface area contributed by atoms with Crippen molar-refractivity contribution in [2.45, 2.75) is 0 Å². The molecule has 3 amide bonds. The predicted molar refractivity (Wildman–Crippen MR) is 93.2 cm³/mol. The van der Waals surface area contributed by atoms with Gasteiger partial charge in [-0.2, -0.15) is 0 Å². The molecule has 0 unspecified atom stereocenters. The lowest BCUT2D eigenvalue weighted by Gasteiger charge is -2.34. The molecular formula is C17H18ClN3O4. The third kappa shape index (κ3) is 3.88. The molecule has 7 nitrogen and oxygen atoms in total. The monoisotopic (exact) mass is 363 g/mol. The van der Waals surface area contributed by atoms with E-state index in [2.05, 4.69) is 5.32 Å². The molecule has 1 saturated heterocycles. The summed E-state index contributed by atoms with van der Waals surface area (Å²) in [6.45, 7) is 1.80. The van der Waals surface area contributed by atoms with Crippen LogP contribution in [0.5, 0.6) is 5.75 Å². The number of furan rings is 1. The number of hydrogen-bond acceptors (Lipinski definition) is 4. The Hall–Kier alpha value is -2.67. The second-order valence-electron chi connectivity index (χ2n) is 5.54. The minimum Gasteiger partial charge on any atom is -0.495 e. The van der Waals surface area contributed by atoms with Gasteiger partial charge in [-0.15, -0.1) is 0 Å². The van der Waals surface area contributed by atoms with E-state index < -0.39 is 0 Å². The number of nitrogens with zero attached hydrogens (tertiary/aromatic N) is 2. The number of halogens is 1. The van der Waals surface area contributed by atoms with E-state index in [-0.39, 0.29) is 11.9 Å². The summed E-state index contributed by atoms with van der Waals surface area (Å²) < 4.78 is 10.2. The lowest BCUT2D eigenvalue weighted by molar-refractivity contribution is 0.0640. The number of hydrogen-bond donors (Lipinski definition) is 1. The maximum absolute atomic E-state index is 12.4. The van der Waals surface area contributed by atoms with Crippen molar-refractivity contribution >= 4 is 29.2 Å². The third-order valence-electron chi connectivity index (χ3n) is 3.99. The Bertz CT molecular complexity index is 755. The highest BCUT2D eigenvalue weighted by Gasteiger charge is 2.26. The molecule has 0 saturated carbocycles. The number of nitrogens with one attached hydrogen (secondary N) is 1. The van der Waals surface area contributed by atoms with Gasteiger partial charge in [0.1, 0.15) is 5.75 Å². The maximum Gasteiger partial charge on any atom is 0.321 e. The van der Waals surface area contributed by atoms with Crippen LogP contribution in [0.15, 0.2) is 41.0 Å². The maximum atomic E-state index is 12.4. The van der Waals surface area contributed by atoms with Gasteiger partial charge in [0.15, 0.2) is 5.76 Å². The van der Waals surface area contributed by atoms with Gasteiger partial charge >= 0.3 is 6.03 Å². The highest BCUT2D eigenvalue weighted by Crippen LogP contribution is 2.27. The molecule has 1 N–H and O–H groups in total. The van der Waals surface area contributed by atoms with Crippen LogP contribution < -0.4 is 10.1 Å². The summed E-state index contributed by atoms with van der Waals surface area (Å²) in [4.78, 5) is 27.9. The molecule has 2 aromatic rings. The number of piperazine rings is 1. The smallest absolute Gasteiger partial charge is 0.321 e. The van der Waals surface area contributed by atoms with Crippen LogP contribution in [0.4, 0.5) is 10.5 Å². The van der Waals surface area contributed by atoms with Gasteiger partial charge in [0.25, 0.3) is 5.91 Å². The molecule has 8 heteroatoms. The number of anilines is 1. The van der Waals surface area contributed by atoms with Crippen LogP contribution in [0, 0.1) is 0 Å². The van der Waals surface area contributed by atoms with Gasteiger partial charge in [-0.1, -0.05) is 11.6 Å². The highest BCUT2D eigenvalue weighted by atomic mass is 35.5. The average Bonchev–Trinajstić information content (AvgIpc) is 3.16. The second-order valence-corrected chi connectivity index (χ2v) is 5.94. The number of benzene rings is 1. The molecule has 3 rings (SSSR count). The molecule has 132 valence electrons. The van der Waals surface area contributed by atoms with Gasteiger partial charge in [0, 0.05) is 31.9 Å². The Balaban J connectivity index is 1.55. The predicted octanol–water partition coefficient (Wildman–Crippen LogP) is 2.93. The van der Waals surface area contributed by atoms with Crippen molar-refractivity contribution < 1.29 is 18.7 Å². The molecule has 0 bridgehead atoms. The third-order valence-corrected chi connectivity index (χ3v) is 4.28. The van der Waals surface area contributed by atoms with Crippen LogP contribution in [0.25, 0.3) is 0 Å². The minimum absolute atomic E-state index is 0.160. The van der Waals surface area contributed by atoms with Crippen molar-refractivity contribution in [3.05, 3.63) is 47.4 Å². The largest absolute Gasteiger partial charge is 0.495 e. The zero-order chi connectivity index (χ0) is 17.8. The van der Waals surface area contributed by atoms with Gasteiger partial charge in [-0.05, 0) is 30.3 Å². The lowest BCUT2D eigenvalue weighted by atomic mass is 10.3.